The third-order valence-corrected chi connectivity index (χ3v) is 21.3. The van der Waals surface area contributed by atoms with Crippen molar-refractivity contribution in [3.8, 4) is 0 Å². The third kappa shape index (κ3) is 10.2. The van der Waals surface area contributed by atoms with Gasteiger partial charge in [0.15, 0.2) is 25.7 Å². The molecule has 0 saturated carbocycles. The van der Waals surface area contributed by atoms with Crippen molar-refractivity contribution in [3.05, 3.63) is 66.2 Å². The van der Waals surface area contributed by atoms with E-state index in [2.05, 4.69) is 50.8 Å². The number of hydrogen-bond acceptors (Lipinski definition) is 15. The Balaban J connectivity index is 0.000000160. The lowest BCUT2D eigenvalue weighted by Gasteiger charge is -2.37. The molecule has 0 radical (unpaired) electrons. The molecule has 3 N–H and O–H groups in total. The van der Waals surface area contributed by atoms with Crippen LogP contribution in [0.1, 0.15) is 86.4 Å². The van der Waals surface area contributed by atoms with Gasteiger partial charge in [-0.25, -0.2) is 9.59 Å². The summed E-state index contributed by atoms with van der Waals surface area (Å²) < 4.78 is 56.3. The Kier molecular flexibility index (Phi) is 13.9. The van der Waals surface area contributed by atoms with E-state index >= 15 is 0 Å². The Morgan fingerprint density at radius 1 is 0.767 bits per heavy atom. The molecule has 0 amide bonds. The average Bonchev–Trinajstić information content (AvgIpc) is 3.92. The molecule has 0 aliphatic carbocycles. The summed E-state index contributed by atoms with van der Waals surface area (Å²) in [4.78, 5) is 51.3. The van der Waals surface area contributed by atoms with Crippen LogP contribution < -0.4 is 22.5 Å². The molecule has 8 heterocycles. The van der Waals surface area contributed by atoms with Gasteiger partial charge < -0.3 is 38.0 Å². The molecule has 6 aliphatic rings. The fraction of sp³-hybridized carbons (Fsp3) is 0.795. The first-order chi connectivity index (χ1) is 27.7. The molecule has 60 heavy (non-hydrogen) atoms. The van der Waals surface area contributed by atoms with Crippen LogP contribution in [0.25, 0.3) is 0 Å². The molecule has 0 aromatic carbocycles. The first-order valence-corrected chi connectivity index (χ1v) is 26.6. The van der Waals surface area contributed by atoms with E-state index in [9.17, 15) is 28.5 Å². The van der Waals surface area contributed by atoms with E-state index in [0.29, 0.717) is 12.4 Å². The number of aromatic nitrogens is 4. The quantitative estimate of drug-likeness (QED) is 0.340. The van der Waals surface area contributed by atoms with Gasteiger partial charge in [0.2, 0.25) is 0 Å². The first-order valence-electron chi connectivity index (χ1n) is 20.4. The Morgan fingerprint density at radius 2 is 1.20 bits per heavy atom. The highest BCUT2D eigenvalue weighted by molar-refractivity contribution is 8.00. The maximum absolute atomic E-state index is 12.3. The summed E-state index contributed by atoms with van der Waals surface area (Å²) in [6.07, 6.45) is 2.94. The number of aromatic amines is 2. The summed E-state index contributed by atoms with van der Waals surface area (Å²) in [7, 11) is -2.65. The Bertz CT molecular complexity index is 2120. The summed E-state index contributed by atoms with van der Waals surface area (Å²) in [5.41, 5.74) is -1.76. The number of aliphatic hydroxyl groups is 1. The molecule has 6 aliphatic heterocycles. The molecule has 0 bridgehead atoms. The molecule has 0 spiro atoms. The molecular weight excluding hydrogens is 857 g/mol. The second kappa shape index (κ2) is 17.6. The lowest BCUT2D eigenvalue weighted by molar-refractivity contribution is -0.149. The molecule has 0 unspecified atom stereocenters. The van der Waals surface area contributed by atoms with Crippen molar-refractivity contribution in [2.45, 2.75) is 174 Å². The molecule has 338 valence electrons. The Morgan fingerprint density at radius 3 is 1.65 bits per heavy atom. The number of H-pyrrole nitrogens is 2. The number of fused-ring (bicyclic) bond motifs is 3. The van der Waals surface area contributed by atoms with Gasteiger partial charge in [0.05, 0.1) is 34.2 Å². The molecule has 6 saturated heterocycles. The van der Waals surface area contributed by atoms with E-state index in [4.69, 9.17) is 32.8 Å². The van der Waals surface area contributed by atoms with Gasteiger partial charge in [-0.2, -0.15) is 0 Å². The SMILES string of the molecule is CC1(C)O[C@@H]2[C@H](O1)[C@@H](CO)S[C@H]2n1ccc(=O)[nH]c1=O.CC1(C)O[C@@H]2[C@H](O1)[C@@H](CO[Si](C)(C)C(C)(C)C)S[C@H]2n1ccc(=O)[nH]c1=O.CC[C@@H]1[C@H]2OC(C)(C)O[C@H]2C[S@@]1=O. The fourth-order valence-corrected chi connectivity index (χ4v) is 13.9. The highest BCUT2D eigenvalue weighted by atomic mass is 32.2. The summed E-state index contributed by atoms with van der Waals surface area (Å²) in [6, 6.07) is 2.65. The Hall–Kier alpha value is -1.89. The van der Waals surface area contributed by atoms with Gasteiger partial charge in [0, 0.05) is 41.9 Å². The maximum atomic E-state index is 12.3. The minimum Gasteiger partial charge on any atom is -0.416 e. The van der Waals surface area contributed by atoms with Gasteiger partial charge in [0.25, 0.3) is 11.1 Å². The third-order valence-electron chi connectivity index (χ3n) is 11.8. The van der Waals surface area contributed by atoms with E-state index in [1.807, 2.05) is 27.7 Å². The highest BCUT2D eigenvalue weighted by Crippen LogP contribution is 2.52. The molecule has 6 fully saturated rings. The zero-order valence-corrected chi connectivity index (χ0v) is 39.9. The van der Waals surface area contributed by atoms with Crippen molar-refractivity contribution in [1.82, 2.24) is 19.1 Å². The van der Waals surface area contributed by atoms with Gasteiger partial charge >= 0.3 is 11.4 Å². The zero-order chi connectivity index (χ0) is 44.3. The van der Waals surface area contributed by atoms with Crippen LogP contribution in [-0.2, 0) is 43.6 Å². The number of nitrogens with one attached hydrogen (secondary N) is 2. The van der Waals surface area contributed by atoms with Crippen molar-refractivity contribution in [2.75, 3.05) is 19.0 Å². The number of ether oxygens (including phenoxy) is 6. The van der Waals surface area contributed by atoms with E-state index in [1.54, 1.807) is 25.6 Å². The summed E-state index contributed by atoms with van der Waals surface area (Å²) in [5.74, 6) is -1.29. The monoisotopic (exact) mass is 918 g/mol. The van der Waals surface area contributed by atoms with Gasteiger partial charge in [-0.15, -0.1) is 23.5 Å². The predicted octanol–water partition coefficient (Wildman–Crippen LogP) is 3.40. The average molecular weight is 919 g/mol. The molecule has 8 rings (SSSR count). The summed E-state index contributed by atoms with van der Waals surface area (Å²) in [5, 5.41) is 9.04. The molecule has 12 atom stereocenters. The van der Waals surface area contributed by atoms with Crippen LogP contribution in [0.4, 0.5) is 0 Å². The first kappa shape index (κ1) is 47.6. The zero-order valence-electron chi connectivity index (χ0n) is 36.5. The number of thioether (sulfide) groups is 2. The maximum Gasteiger partial charge on any atom is 0.329 e. The molecule has 17 nitrogen and oxygen atoms in total. The molecule has 2 aromatic rings. The largest absolute Gasteiger partial charge is 0.416 e. The minimum atomic E-state index is -1.90. The second-order valence-electron chi connectivity index (χ2n) is 18.7. The van der Waals surface area contributed by atoms with Crippen LogP contribution in [0, 0.1) is 0 Å². The van der Waals surface area contributed by atoms with E-state index in [0.717, 1.165) is 6.42 Å². The lowest BCUT2D eigenvalue weighted by atomic mass is 10.1. The van der Waals surface area contributed by atoms with Crippen LogP contribution in [0.3, 0.4) is 0 Å². The topological polar surface area (TPSA) is 212 Å². The number of rotatable bonds is 7. The smallest absolute Gasteiger partial charge is 0.329 e. The van der Waals surface area contributed by atoms with Crippen LogP contribution in [0.15, 0.2) is 43.7 Å². The van der Waals surface area contributed by atoms with Crippen molar-refractivity contribution in [3.63, 3.8) is 0 Å². The van der Waals surface area contributed by atoms with E-state index in [-0.39, 0.29) is 74.8 Å². The predicted molar refractivity (Wildman–Crippen MR) is 232 cm³/mol. The van der Waals surface area contributed by atoms with Crippen molar-refractivity contribution < 1.29 is 42.2 Å². The van der Waals surface area contributed by atoms with E-state index in [1.165, 1.54) is 45.4 Å². The van der Waals surface area contributed by atoms with Gasteiger partial charge in [0.1, 0.15) is 41.3 Å². The van der Waals surface area contributed by atoms with Crippen molar-refractivity contribution in [2.24, 2.45) is 0 Å². The summed E-state index contributed by atoms with van der Waals surface area (Å²) in [6.45, 7) is 24.9. The van der Waals surface area contributed by atoms with Crippen LogP contribution in [0.5, 0.6) is 0 Å². The fourth-order valence-electron chi connectivity index (χ4n) is 7.97. The summed E-state index contributed by atoms with van der Waals surface area (Å²) >= 11 is 3.03. The van der Waals surface area contributed by atoms with Crippen LogP contribution in [0.2, 0.25) is 18.1 Å². The van der Waals surface area contributed by atoms with Crippen LogP contribution >= 0.6 is 23.5 Å². The number of aliphatic hydroxyl groups excluding tert-OH is 1. The second-order valence-corrected chi connectivity index (χ2v) is 27.9. The standard InChI is InChI=1S/C18H30N2O5SSi.C12H16N2O5S.C9H16O3S/c1-17(2,3)27(6,7)23-10-11-13-14(25-18(4,5)24-13)15(26-11)20-9-8-12(21)19-16(20)22;1-12(2)18-8-6(5-15)20-10(9(8)19-12)14-4-3-7(16)13-11(14)17;1-4-7-8-6(5-13(7)10)11-9(2,3)12-8/h8-9,11,13-15H,10H2,1-7H3,(H,19,21,22);3-4,6,8-10,15H,5H2,1-2H3,(H,13,16,17);6-8H,4-5H2,1-3H3/t11-,13-,14-,15-;6-,8-,9-,10-;6-,7+,8-,13-/m110/s1. The molecule has 21 heteroatoms. The van der Waals surface area contributed by atoms with Gasteiger partial charge in [-0.3, -0.25) is 32.9 Å². The van der Waals surface area contributed by atoms with Crippen LogP contribution in [-0.4, -0.2) is 125 Å². The minimum absolute atomic E-state index is 0.0507. The Labute approximate surface area is 361 Å². The van der Waals surface area contributed by atoms with Gasteiger partial charge in [-0.05, 0) is 66.1 Å². The molecular formula is C39H62N4O13S3Si. The van der Waals surface area contributed by atoms with Crippen molar-refractivity contribution in [1.29, 1.82) is 0 Å². The highest BCUT2D eigenvalue weighted by Gasteiger charge is 2.57. The molecule has 2 aromatic heterocycles. The number of hydrogen-bond donors (Lipinski definition) is 3. The van der Waals surface area contributed by atoms with E-state index < -0.39 is 59.0 Å². The lowest BCUT2D eigenvalue weighted by Crippen LogP contribution is -2.43. The normalized spacial score (nSPS) is 35.8. The van der Waals surface area contributed by atoms with Crippen molar-refractivity contribution >= 4 is 42.6 Å². The number of nitrogens with zero attached hydrogens (tertiary/aromatic N) is 2. The van der Waals surface area contributed by atoms with Gasteiger partial charge in [-0.1, -0.05) is 27.7 Å².